The molecule has 0 bridgehead atoms. The first-order valence-electron chi connectivity index (χ1n) is 7.42. The number of ether oxygens (including phenoxy) is 1. The van der Waals surface area contributed by atoms with Crippen LogP contribution in [-0.2, 0) is 10.8 Å². The minimum Gasteiger partial charge on any atom is -0.497 e. The number of rotatable bonds is 5. The molecule has 20 heavy (non-hydrogen) atoms. The summed E-state index contributed by atoms with van der Waals surface area (Å²) in [6.07, 6.45) is 5.88. The molecular formula is C16H25NO2S. The lowest BCUT2D eigenvalue weighted by Crippen LogP contribution is -2.34. The molecule has 1 aromatic carbocycles. The second kappa shape index (κ2) is 7.23. The Hall–Kier alpha value is -0.870. The lowest BCUT2D eigenvalue weighted by molar-refractivity contribution is 0.414. The van der Waals surface area contributed by atoms with E-state index in [9.17, 15) is 4.21 Å². The van der Waals surface area contributed by atoms with Gasteiger partial charge in [-0.25, -0.2) is 0 Å². The van der Waals surface area contributed by atoms with E-state index in [1.807, 2.05) is 31.2 Å². The second-order valence-electron chi connectivity index (χ2n) is 5.59. The van der Waals surface area contributed by atoms with Crippen LogP contribution in [0.2, 0.25) is 0 Å². The zero-order chi connectivity index (χ0) is 14.5. The third-order valence-corrected chi connectivity index (χ3v) is 6.41. The largest absolute Gasteiger partial charge is 0.497 e. The van der Waals surface area contributed by atoms with Crippen molar-refractivity contribution in [2.45, 2.75) is 55.6 Å². The van der Waals surface area contributed by atoms with Gasteiger partial charge in [0.25, 0.3) is 0 Å². The lowest BCUT2D eigenvalue weighted by Gasteiger charge is -2.27. The van der Waals surface area contributed by atoms with Gasteiger partial charge in [-0.1, -0.05) is 31.4 Å². The maximum Gasteiger partial charge on any atom is 0.118 e. The molecule has 112 valence electrons. The van der Waals surface area contributed by atoms with E-state index in [4.69, 9.17) is 10.5 Å². The number of hydrogen-bond acceptors (Lipinski definition) is 3. The second-order valence-corrected chi connectivity index (χ2v) is 7.66. The van der Waals surface area contributed by atoms with E-state index in [2.05, 4.69) is 0 Å². The van der Waals surface area contributed by atoms with E-state index in [1.165, 1.54) is 19.3 Å². The van der Waals surface area contributed by atoms with Crippen LogP contribution in [0.5, 0.6) is 5.75 Å². The van der Waals surface area contributed by atoms with Gasteiger partial charge in [0.05, 0.1) is 12.4 Å². The maximum absolute atomic E-state index is 12.6. The van der Waals surface area contributed by atoms with Crippen LogP contribution in [0.25, 0.3) is 0 Å². The Morgan fingerprint density at radius 1 is 1.20 bits per heavy atom. The zero-order valence-corrected chi connectivity index (χ0v) is 13.2. The van der Waals surface area contributed by atoms with Crippen LogP contribution in [0.1, 0.15) is 50.6 Å². The predicted octanol–water partition coefficient (Wildman–Crippen LogP) is 3.16. The van der Waals surface area contributed by atoms with Gasteiger partial charge in [-0.05, 0) is 37.5 Å². The molecule has 1 aliphatic rings. The fourth-order valence-electron chi connectivity index (χ4n) is 2.84. The van der Waals surface area contributed by atoms with E-state index >= 15 is 0 Å². The summed E-state index contributed by atoms with van der Waals surface area (Å²) in [7, 11) is 0.803. The normalized spacial score (nSPS) is 21.1. The summed E-state index contributed by atoms with van der Waals surface area (Å²) in [6, 6.07) is 7.58. The summed E-state index contributed by atoms with van der Waals surface area (Å²) in [5, 5.41) is 0.328. The third-order valence-electron chi connectivity index (χ3n) is 4.25. The van der Waals surface area contributed by atoms with Gasteiger partial charge in [0, 0.05) is 22.1 Å². The molecule has 1 aromatic rings. The molecule has 3 nitrogen and oxygen atoms in total. The third kappa shape index (κ3) is 3.61. The average Bonchev–Trinajstić information content (AvgIpc) is 2.53. The summed E-state index contributed by atoms with van der Waals surface area (Å²) >= 11 is 0. The van der Waals surface area contributed by atoms with Crippen molar-refractivity contribution in [1.29, 1.82) is 0 Å². The zero-order valence-electron chi connectivity index (χ0n) is 12.4. The topological polar surface area (TPSA) is 52.3 Å². The first-order chi connectivity index (χ1) is 9.63. The van der Waals surface area contributed by atoms with Crippen LogP contribution in [-0.4, -0.2) is 21.8 Å². The Labute approximate surface area is 124 Å². The fourth-order valence-corrected chi connectivity index (χ4v) is 4.69. The Bertz CT molecular complexity index is 440. The Morgan fingerprint density at radius 2 is 1.80 bits per heavy atom. The lowest BCUT2D eigenvalue weighted by atomic mass is 10.0. The molecule has 1 aliphatic carbocycles. The number of methoxy groups -OCH3 is 1. The van der Waals surface area contributed by atoms with Crippen molar-refractivity contribution in [2.75, 3.05) is 7.11 Å². The van der Waals surface area contributed by atoms with Crippen LogP contribution >= 0.6 is 0 Å². The quantitative estimate of drug-likeness (QED) is 0.908. The highest BCUT2D eigenvalue weighted by Gasteiger charge is 2.28. The molecule has 1 fully saturated rings. The van der Waals surface area contributed by atoms with Gasteiger partial charge >= 0.3 is 0 Å². The molecular weight excluding hydrogens is 270 g/mol. The van der Waals surface area contributed by atoms with Crippen molar-refractivity contribution < 1.29 is 8.95 Å². The SMILES string of the molecule is COc1ccc(C(N)C(C)S(=O)C2CCCCC2)cc1. The van der Waals surface area contributed by atoms with Gasteiger partial charge < -0.3 is 10.5 Å². The molecule has 3 unspecified atom stereocenters. The standard InChI is InChI=1S/C16H25NO2S/c1-12(20(18)15-6-4-3-5-7-15)16(17)13-8-10-14(19-2)11-9-13/h8-12,15-16H,3-7,17H2,1-2H3. The van der Waals surface area contributed by atoms with Crippen molar-refractivity contribution in [3.63, 3.8) is 0 Å². The van der Waals surface area contributed by atoms with Crippen LogP contribution in [0, 0.1) is 0 Å². The molecule has 3 atom stereocenters. The molecule has 0 saturated heterocycles. The van der Waals surface area contributed by atoms with Crippen LogP contribution in [0.3, 0.4) is 0 Å². The number of nitrogens with two attached hydrogens (primary N) is 1. The average molecular weight is 295 g/mol. The smallest absolute Gasteiger partial charge is 0.118 e. The molecule has 0 spiro atoms. The van der Waals surface area contributed by atoms with Gasteiger partial charge in [-0.15, -0.1) is 0 Å². The summed E-state index contributed by atoms with van der Waals surface area (Å²) in [4.78, 5) is 0. The van der Waals surface area contributed by atoms with Gasteiger partial charge in [-0.2, -0.15) is 0 Å². The van der Waals surface area contributed by atoms with Crippen molar-refractivity contribution >= 4 is 10.8 Å². The Balaban J connectivity index is 2.02. The van der Waals surface area contributed by atoms with E-state index in [0.717, 1.165) is 24.2 Å². The van der Waals surface area contributed by atoms with Gasteiger partial charge in [0.15, 0.2) is 0 Å². The highest BCUT2D eigenvalue weighted by Crippen LogP contribution is 2.28. The van der Waals surface area contributed by atoms with Crippen LogP contribution in [0.4, 0.5) is 0 Å². The van der Waals surface area contributed by atoms with Gasteiger partial charge in [0.1, 0.15) is 5.75 Å². The minimum absolute atomic E-state index is 0.00788. The summed E-state index contributed by atoms with van der Waals surface area (Å²) in [5.74, 6) is 0.821. The molecule has 1 saturated carbocycles. The van der Waals surface area contributed by atoms with Gasteiger partial charge in [-0.3, -0.25) is 4.21 Å². The molecule has 4 heteroatoms. The highest BCUT2D eigenvalue weighted by atomic mass is 32.2. The first kappa shape index (κ1) is 15.5. The molecule has 0 aromatic heterocycles. The molecule has 0 aliphatic heterocycles. The summed E-state index contributed by atoms with van der Waals surface area (Å²) in [5.41, 5.74) is 7.33. The monoisotopic (exact) mass is 295 g/mol. The molecule has 2 N–H and O–H groups in total. The predicted molar refractivity (Wildman–Crippen MR) is 84.4 cm³/mol. The first-order valence-corrected chi connectivity index (χ1v) is 8.70. The number of hydrogen-bond donors (Lipinski definition) is 1. The highest BCUT2D eigenvalue weighted by molar-refractivity contribution is 7.86. The Morgan fingerprint density at radius 3 is 2.35 bits per heavy atom. The van der Waals surface area contributed by atoms with Crippen molar-refractivity contribution in [1.82, 2.24) is 0 Å². The van der Waals surface area contributed by atoms with E-state index < -0.39 is 10.8 Å². The maximum atomic E-state index is 12.6. The van der Waals surface area contributed by atoms with Crippen LogP contribution in [0.15, 0.2) is 24.3 Å². The van der Waals surface area contributed by atoms with Gasteiger partial charge in [0.2, 0.25) is 0 Å². The van der Waals surface area contributed by atoms with E-state index in [1.54, 1.807) is 7.11 Å². The van der Waals surface area contributed by atoms with E-state index in [0.29, 0.717) is 5.25 Å². The minimum atomic E-state index is -0.845. The summed E-state index contributed by atoms with van der Waals surface area (Å²) in [6.45, 7) is 2.01. The Kier molecular flexibility index (Phi) is 5.61. The van der Waals surface area contributed by atoms with Crippen molar-refractivity contribution in [2.24, 2.45) is 5.73 Å². The van der Waals surface area contributed by atoms with Crippen LogP contribution < -0.4 is 10.5 Å². The summed E-state index contributed by atoms with van der Waals surface area (Å²) < 4.78 is 17.8. The van der Waals surface area contributed by atoms with Crippen molar-refractivity contribution in [3.8, 4) is 5.75 Å². The number of benzene rings is 1. The fraction of sp³-hybridized carbons (Fsp3) is 0.625. The molecule has 0 amide bonds. The molecule has 0 radical (unpaired) electrons. The van der Waals surface area contributed by atoms with Crippen molar-refractivity contribution in [3.05, 3.63) is 29.8 Å². The molecule has 2 rings (SSSR count). The van der Waals surface area contributed by atoms with E-state index in [-0.39, 0.29) is 11.3 Å². The molecule has 0 heterocycles.